The highest BCUT2D eigenvalue weighted by Crippen LogP contribution is 1.98. The van der Waals surface area contributed by atoms with Gasteiger partial charge in [0.25, 0.3) is 0 Å². The predicted octanol–water partition coefficient (Wildman–Crippen LogP) is 2.44. The van der Waals surface area contributed by atoms with Gasteiger partial charge < -0.3 is 5.01 Å². The minimum atomic E-state index is 0.930. The molecule has 0 aromatic heterocycles. The summed E-state index contributed by atoms with van der Waals surface area (Å²) in [5.74, 6) is 5.69. The molecule has 0 rings (SSSR count). The van der Waals surface area contributed by atoms with Gasteiger partial charge >= 0.3 is 0 Å². The molecule has 0 atom stereocenters. The van der Waals surface area contributed by atoms with E-state index < -0.39 is 0 Å². The zero-order valence-electron chi connectivity index (χ0n) is 8.21. The maximum atomic E-state index is 5.69. The number of allylic oxidation sites excluding steroid dienone is 2. The van der Waals surface area contributed by atoms with Crippen LogP contribution in [0.4, 0.5) is 0 Å². The Bertz CT molecular complexity index is 146. The normalized spacial score (nSPS) is 9.25. The molecular formula is C10H20N2. The molecule has 0 aliphatic carbocycles. The topological polar surface area (TPSA) is 29.3 Å². The van der Waals surface area contributed by atoms with Crippen LogP contribution in [0.2, 0.25) is 0 Å². The predicted molar refractivity (Wildman–Crippen MR) is 54.4 cm³/mol. The molecule has 0 heterocycles. The zero-order chi connectivity index (χ0) is 9.40. The molecule has 0 saturated carbocycles. The van der Waals surface area contributed by atoms with Gasteiger partial charge in [0.15, 0.2) is 0 Å². The Kier molecular flexibility index (Phi) is 6.48. The van der Waals surface area contributed by atoms with E-state index in [2.05, 4.69) is 6.58 Å². The molecule has 2 heteroatoms. The number of hydrogen-bond acceptors (Lipinski definition) is 2. The Morgan fingerprint density at radius 1 is 1.42 bits per heavy atom. The lowest BCUT2D eigenvalue weighted by Crippen LogP contribution is -2.26. The third-order valence-electron chi connectivity index (χ3n) is 1.50. The van der Waals surface area contributed by atoms with Crippen molar-refractivity contribution in [2.45, 2.75) is 33.1 Å². The molecule has 0 aromatic rings. The summed E-state index contributed by atoms with van der Waals surface area (Å²) < 4.78 is 0. The van der Waals surface area contributed by atoms with Crippen LogP contribution < -0.4 is 5.84 Å². The van der Waals surface area contributed by atoms with Crippen LogP contribution in [0.25, 0.3) is 0 Å². The molecule has 0 radical (unpaired) electrons. The van der Waals surface area contributed by atoms with Crippen molar-refractivity contribution < 1.29 is 0 Å². The summed E-state index contributed by atoms with van der Waals surface area (Å²) in [6, 6.07) is 0. The fraction of sp³-hybridized carbons (Fsp3) is 0.600. The van der Waals surface area contributed by atoms with Gasteiger partial charge in [-0.25, -0.2) is 5.84 Å². The van der Waals surface area contributed by atoms with Crippen molar-refractivity contribution in [1.82, 2.24) is 5.01 Å². The van der Waals surface area contributed by atoms with Crippen molar-refractivity contribution in [3.05, 3.63) is 24.4 Å². The number of unbranched alkanes of at least 4 members (excludes halogenated alkanes) is 2. The molecule has 0 amide bonds. The summed E-state index contributed by atoms with van der Waals surface area (Å²) in [6.45, 7) is 8.69. The molecule has 2 nitrogen and oxygen atoms in total. The smallest absolute Gasteiger partial charge is 0.0335 e. The SMILES string of the molecule is C=CCCCCN(N)C=C(C)C. The maximum absolute atomic E-state index is 5.69. The molecule has 2 N–H and O–H groups in total. The standard InChI is InChI=1S/C10H20N2/c1-4-5-6-7-8-12(11)9-10(2)3/h4,9H,1,5-8,11H2,2-3H3. The molecule has 0 aliphatic heterocycles. The van der Waals surface area contributed by atoms with E-state index in [1.165, 1.54) is 12.0 Å². The number of hydrogen-bond donors (Lipinski definition) is 1. The van der Waals surface area contributed by atoms with Gasteiger partial charge in [-0.1, -0.05) is 11.6 Å². The monoisotopic (exact) mass is 168 g/mol. The minimum Gasteiger partial charge on any atom is -0.318 e. The number of nitrogens with zero attached hydrogens (tertiary/aromatic N) is 1. The van der Waals surface area contributed by atoms with Crippen LogP contribution in [-0.4, -0.2) is 11.6 Å². The first kappa shape index (κ1) is 11.2. The molecule has 70 valence electrons. The van der Waals surface area contributed by atoms with E-state index in [0.717, 1.165) is 19.4 Å². The van der Waals surface area contributed by atoms with E-state index in [0.29, 0.717) is 0 Å². The summed E-state index contributed by atoms with van der Waals surface area (Å²) in [4.78, 5) is 0. The molecule has 0 spiro atoms. The molecule has 0 aromatic carbocycles. The van der Waals surface area contributed by atoms with Gasteiger partial charge in [-0.05, 0) is 33.1 Å². The van der Waals surface area contributed by atoms with Gasteiger partial charge in [0, 0.05) is 12.7 Å². The van der Waals surface area contributed by atoms with Crippen LogP contribution in [0.1, 0.15) is 33.1 Å². The summed E-state index contributed by atoms with van der Waals surface area (Å²) in [5, 5.41) is 1.75. The van der Waals surface area contributed by atoms with Crippen LogP contribution in [0.15, 0.2) is 24.4 Å². The molecule has 0 unspecified atom stereocenters. The Morgan fingerprint density at radius 3 is 2.58 bits per heavy atom. The molecule has 0 fully saturated rings. The average molecular weight is 168 g/mol. The van der Waals surface area contributed by atoms with Gasteiger partial charge in [-0.3, -0.25) is 0 Å². The van der Waals surface area contributed by atoms with Crippen LogP contribution >= 0.6 is 0 Å². The second kappa shape index (κ2) is 6.92. The van der Waals surface area contributed by atoms with Crippen LogP contribution in [0, 0.1) is 0 Å². The van der Waals surface area contributed by atoms with Crippen LogP contribution in [-0.2, 0) is 0 Å². The van der Waals surface area contributed by atoms with Gasteiger partial charge in [0.05, 0.1) is 0 Å². The van der Waals surface area contributed by atoms with E-state index >= 15 is 0 Å². The number of rotatable bonds is 6. The van der Waals surface area contributed by atoms with Gasteiger partial charge in [0.2, 0.25) is 0 Å². The highest BCUT2D eigenvalue weighted by molar-refractivity contribution is 4.90. The fourth-order valence-electron chi connectivity index (χ4n) is 0.979. The van der Waals surface area contributed by atoms with Crippen molar-refractivity contribution >= 4 is 0 Å². The van der Waals surface area contributed by atoms with E-state index in [-0.39, 0.29) is 0 Å². The van der Waals surface area contributed by atoms with Gasteiger partial charge in [0.1, 0.15) is 0 Å². The van der Waals surface area contributed by atoms with E-state index in [1.54, 1.807) is 5.01 Å². The molecule has 0 bridgehead atoms. The third kappa shape index (κ3) is 7.35. The Balaban J connectivity index is 3.37. The minimum absolute atomic E-state index is 0.930. The lowest BCUT2D eigenvalue weighted by atomic mass is 10.2. The quantitative estimate of drug-likeness (QED) is 0.286. The Labute approximate surface area is 75.7 Å². The molecule has 12 heavy (non-hydrogen) atoms. The largest absolute Gasteiger partial charge is 0.318 e. The van der Waals surface area contributed by atoms with Gasteiger partial charge in [-0.2, -0.15) is 0 Å². The summed E-state index contributed by atoms with van der Waals surface area (Å²) in [7, 11) is 0. The first-order valence-electron chi connectivity index (χ1n) is 4.44. The zero-order valence-corrected chi connectivity index (χ0v) is 8.21. The second-order valence-electron chi connectivity index (χ2n) is 3.23. The van der Waals surface area contributed by atoms with Crippen molar-refractivity contribution in [3.63, 3.8) is 0 Å². The third-order valence-corrected chi connectivity index (χ3v) is 1.50. The average Bonchev–Trinajstić information content (AvgIpc) is 1.97. The molecule has 0 saturated heterocycles. The Hall–Kier alpha value is -0.760. The van der Waals surface area contributed by atoms with Crippen molar-refractivity contribution in [2.75, 3.05) is 6.54 Å². The highest BCUT2D eigenvalue weighted by Gasteiger charge is 1.91. The first-order chi connectivity index (χ1) is 5.66. The van der Waals surface area contributed by atoms with Crippen molar-refractivity contribution in [2.24, 2.45) is 5.84 Å². The number of hydrazine groups is 1. The second-order valence-corrected chi connectivity index (χ2v) is 3.23. The van der Waals surface area contributed by atoms with E-state index in [1.807, 2.05) is 26.1 Å². The summed E-state index contributed by atoms with van der Waals surface area (Å²) >= 11 is 0. The molecule has 0 aliphatic rings. The Morgan fingerprint density at radius 2 is 2.08 bits per heavy atom. The summed E-state index contributed by atoms with van der Waals surface area (Å²) in [6.07, 6.45) is 7.30. The lowest BCUT2D eigenvalue weighted by molar-refractivity contribution is 0.378. The van der Waals surface area contributed by atoms with Crippen molar-refractivity contribution in [1.29, 1.82) is 0 Å². The maximum Gasteiger partial charge on any atom is 0.0335 e. The lowest BCUT2D eigenvalue weighted by Gasteiger charge is -2.13. The fourth-order valence-corrected chi connectivity index (χ4v) is 0.979. The highest BCUT2D eigenvalue weighted by atomic mass is 15.4. The van der Waals surface area contributed by atoms with E-state index in [4.69, 9.17) is 5.84 Å². The number of nitrogens with two attached hydrogens (primary N) is 1. The molecular weight excluding hydrogens is 148 g/mol. The summed E-state index contributed by atoms with van der Waals surface area (Å²) in [5.41, 5.74) is 1.24. The van der Waals surface area contributed by atoms with E-state index in [9.17, 15) is 0 Å². The van der Waals surface area contributed by atoms with Crippen LogP contribution in [0.5, 0.6) is 0 Å². The van der Waals surface area contributed by atoms with Crippen LogP contribution in [0.3, 0.4) is 0 Å². The first-order valence-corrected chi connectivity index (χ1v) is 4.44. The van der Waals surface area contributed by atoms with Gasteiger partial charge in [-0.15, -0.1) is 6.58 Å². The van der Waals surface area contributed by atoms with Crippen molar-refractivity contribution in [3.8, 4) is 0 Å².